The fourth-order valence-corrected chi connectivity index (χ4v) is 3.17. The Bertz CT molecular complexity index is 766. The molecule has 0 amide bonds. The number of methoxy groups -OCH3 is 2. The third kappa shape index (κ3) is 5.15. The molecule has 1 N–H and O–H groups in total. The highest BCUT2D eigenvalue weighted by molar-refractivity contribution is 14.0. The number of guanidine groups is 1. The van der Waals surface area contributed by atoms with E-state index in [1.807, 2.05) is 24.3 Å². The molecule has 9 heteroatoms. The minimum absolute atomic E-state index is 0. The second-order valence-electron chi connectivity index (χ2n) is 6.08. The van der Waals surface area contributed by atoms with Gasteiger partial charge in [0.2, 0.25) is 5.95 Å². The number of piperazine rings is 1. The van der Waals surface area contributed by atoms with Gasteiger partial charge in [0, 0.05) is 57.7 Å². The maximum atomic E-state index is 5.50. The number of halogens is 1. The maximum Gasteiger partial charge on any atom is 0.225 e. The van der Waals surface area contributed by atoms with Crippen LogP contribution in [0, 0.1) is 0 Å². The van der Waals surface area contributed by atoms with Gasteiger partial charge >= 0.3 is 0 Å². The van der Waals surface area contributed by atoms with Crippen molar-refractivity contribution in [1.29, 1.82) is 0 Å². The normalized spacial score (nSPS) is 14.3. The largest absolute Gasteiger partial charge is 0.493 e. The summed E-state index contributed by atoms with van der Waals surface area (Å²) in [6.07, 6.45) is 3.55. The number of hydrogen-bond acceptors (Lipinski definition) is 6. The number of aliphatic imine (C=N–C) groups is 1. The van der Waals surface area contributed by atoms with Gasteiger partial charge in [-0.05, 0) is 12.1 Å². The number of aromatic nitrogens is 2. The van der Waals surface area contributed by atoms with Crippen LogP contribution in [0.4, 0.5) is 5.95 Å². The fourth-order valence-electron chi connectivity index (χ4n) is 3.17. The van der Waals surface area contributed by atoms with Crippen molar-refractivity contribution in [1.82, 2.24) is 20.2 Å². The predicted octanol–water partition coefficient (Wildman–Crippen LogP) is 2.01. The molecule has 0 aliphatic carbocycles. The molecule has 28 heavy (non-hydrogen) atoms. The zero-order chi connectivity index (χ0) is 19.1. The Balaban J connectivity index is 0.00000280. The van der Waals surface area contributed by atoms with E-state index in [-0.39, 0.29) is 24.0 Å². The van der Waals surface area contributed by atoms with Gasteiger partial charge in [-0.3, -0.25) is 4.99 Å². The summed E-state index contributed by atoms with van der Waals surface area (Å²) in [6.45, 7) is 4.02. The Morgan fingerprint density at radius 2 is 1.79 bits per heavy atom. The van der Waals surface area contributed by atoms with E-state index in [1.165, 1.54) is 0 Å². The van der Waals surface area contributed by atoms with E-state index < -0.39 is 0 Å². The fraction of sp³-hybridized carbons (Fsp3) is 0.421. The third-order valence-electron chi connectivity index (χ3n) is 4.55. The van der Waals surface area contributed by atoms with Crippen molar-refractivity contribution in [3.8, 4) is 11.5 Å². The number of para-hydroxylation sites is 1. The van der Waals surface area contributed by atoms with Crippen LogP contribution in [0.2, 0.25) is 0 Å². The summed E-state index contributed by atoms with van der Waals surface area (Å²) in [5, 5.41) is 3.43. The minimum atomic E-state index is 0. The number of ether oxygens (including phenoxy) is 2. The lowest BCUT2D eigenvalue weighted by molar-refractivity contribution is 0.350. The lowest BCUT2D eigenvalue weighted by Gasteiger charge is -2.36. The second-order valence-corrected chi connectivity index (χ2v) is 6.08. The average Bonchev–Trinajstić information content (AvgIpc) is 2.75. The molecule has 0 radical (unpaired) electrons. The van der Waals surface area contributed by atoms with Crippen LogP contribution in [0.3, 0.4) is 0 Å². The molecule has 0 atom stereocenters. The molecular formula is C19H27IN6O2. The van der Waals surface area contributed by atoms with Crippen LogP contribution in [0.1, 0.15) is 5.56 Å². The highest BCUT2D eigenvalue weighted by Gasteiger charge is 2.21. The lowest BCUT2D eigenvalue weighted by Crippen LogP contribution is -2.52. The average molecular weight is 498 g/mol. The molecule has 1 aliphatic rings. The number of nitrogens with zero attached hydrogens (tertiary/aromatic N) is 5. The van der Waals surface area contributed by atoms with Crippen molar-refractivity contribution in [3.05, 3.63) is 42.2 Å². The Hall–Kier alpha value is -2.30. The van der Waals surface area contributed by atoms with Gasteiger partial charge in [-0.15, -0.1) is 24.0 Å². The molecule has 1 aromatic heterocycles. The van der Waals surface area contributed by atoms with E-state index in [1.54, 1.807) is 33.7 Å². The molecule has 2 heterocycles. The molecule has 0 spiro atoms. The van der Waals surface area contributed by atoms with Crippen molar-refractivity contribution in [3.63, 3.8) is 0 Å². The second kappa shape index (κ2) is 10.9. The third-order valence-corrected chi connectivity index (χ3v) is 4.55. The van der Waals surface area contributed by atoms with Crippen LogP contribution >= 0.6 is 24.0 Å². The SMILES string of the molecule is CN=C(NCc1cccc(OC)c1OC)N1CCN(c2ncccn2)CC1.I. The van der Waals surface area contributed by atoms with Gasteiger partial charge in [0.1, 0.15) is 0 Å². The monoisotopic (exact) mass is 498 g/mol. The zero-order valence-corrected chi connectivity index (χ0v) is 18.8. The summed E-state index contributed by atoms with van der Waals surface area (Å²) in [7, 11) is 5.10. The van der Waals surface area contributed by atoms with Crippen molar-refractivity contribution in [2.75, 3.05) is 52.3 Å². The lowest BCUT2D eigenvalue weighted by atomic mass is 10.2. The van der Waals surface area contributed by atoms with E-state index in [0.717, 1.165) is 55.1 Å². The van der Waals surface area contributed by atoms with E-state index in [2.05, 4.69) is 30.1 Å². The standard InChI is InChI=1S/C19H26N6O2.HI/c1-20-18(23-14-15-6-4-7-16(26-2)17(15)27-3)24-10-12-25(13-11-24)19-21-8-5-9-22-19;/h4-9H,10-14H2,1-3H3,(H,20,23);1H. The summed E-state index contributed by atoms with van der Waals surface area (Å²) in [6, 6.07) is 7.70. The Morgan fingerprint density at radius 3 is 2.39 bits per heavy atom. The van der Waals surface area contributed by atoms with E-state index in [4.69, 9.17) is 9.47 Å². The molecule has 1 saturated heterocycles. The maximum absolute atomic E-state index is 5.50. The van der Waals surface area contributed by atoms with Crippen LogP contribution in [0.15, 0.2) is 41.7 Å². The quantitative estimate of drug-likeness (QED) is 0.384. The first-order valence-corrected chi connectivity index (χ1v) is 8.94. The number of nitrogens with one attached hydrogen (secondary N) is 1. The Morgan fingerprint density at radius 1 is 1.07 bits per heavy atom. The van der Waals surface area contributed by atoms with Crippen molar-refractivity contribution in [2.45, 2.75) is 6.54 Å². The van der Waals surface area contributed by atoms with Gasteiger partial charge in [0.25, 0.3) is 0 Å². The van der Waals surface area contributed by atoms with Crippen LogP contribution in [-0.2, 0) is 6.54 Å². The van der Waals surface area contributed by atoms with Crippen LogP contribution in [0.25, 0.3) is 0 Å². The highest BCUT2D eigenvalue weighted by atomic mass is 127. The molecule has 0 unspecified atom stereocenters. The Labute approximate surface area is 183 Å². The first kappa shape index (κ1) is 22.0. The molecule has 8 nitrogen and oxygen atoms in total. The van der Waals surface area contributed by atoms with Gasteiger partial charge in [0.05, 0.1) is 14.2 Å². The smallest absolute Gasteiger partial charge is 0.225 e. The molecule has 3 rings (SSSR count). The number of benzene rings is 1. The number of anilines is 1. The van der Waals surface area contributed by atoms with Gasteiger partial charge in [-0.25, -0.2) is 9.97 Å². The van der Waals surface area contributed by atoms with Gasteiger partial charge in [0.15, 0.2) is 17.5 Å². The van der Waals surface area contributed by atoms with Gasteiger partial charge < -0.3 is 24.6 Å². The Kier molecular flexibility index (Phi) is 8.55. The minimum Gasteiger partial charge on any atom is -0.493 e. The molecule has 1 fully saturated rings. The summed E-state index contributed by atoms with van der Waals surface area (Å²) in [5.41, 5.74) is 1.02. The van der Waals surface area contributed by atoms with Gasteiger partial charge in [-0.1, -0.05) is 12.1 Å². The first-order chi connectivity index (χ1) is 13.3. The van der Waals surface area contributed by atoms with E-state index in [9.17, 15) is 0 Å². The molecule has 0 saturated carbocycles. The summed E-state index contributed by atoms with van der Waals surface area (Å²) in [5.74, 6) is 3.12. The summed E-state index contributed by atoms with van der Waals surface area (Å²) >= 11 is 0. The molecule has 1 aliphatic heterocycles. The van der Waals surface area contributed by atoms with Crippen molar-refractivity contribution < 1.29 is 9.47 Å². The molecule has 2 aromatic rings. The molecule has 152 valence electrons. The molecule has 1 aromatic carbocycles. The van der Waals surface area contributed by atoms with Crippen LogP contribution in [-0.4, -0.2) is 68.3 Å². The van der Waals surface area contributed by atoms with Gasteiger partial charge in [-0.2, -0.15) is 0 Å². The predicted molar refractivity (Wildman–Crippen MR) is 121 cm³/mol. The van der Waals surface area contributed by atoms with E-state index in [0.29, 0.717) is 6.54 Å². The summed E-state index contributed by atoms with van der Waals surface area (Å²) < 4.78 is 10.9. The van der Waals surface area contributed by atoms with Crippen LogP contribution in [0.5, 0.6) is 11.5 Å². The number of rotatable bonds is 5. The zero-order valence-electron chi connectivity index (χ0n) is 16.5. The van der Waals surface area contributed by atoms with Crippen molar-refractivity contribution in [2.24, 2.45) is 4.99 Å². The highest BCUT2D eigenvalue weighted by Crippen LogP contribution is 2.30. The topological polar surface area (TPSA) is 75.1 Å². The number of hydrogen-bond donors (Lipinski definition) is 1. The molecule has 0 bridgehead atoms. The first-order valence-electron chi connectivity index (χ1n) is 8.94. The van der Waals surface area contributed by atoms with Crippen molar-refractivity contribution >= 4 is 35.9 Å². The van der Waals surface area contributed by atoms with E-state index >= 15 is 0 Å². The summed E-state index contributed by atoms with van der Waals surface area (Å²) in [4.78, 5) is 17.5. The molecular weight excluding hydrogens is 471 g/mol. The van der Waals surface area contributed by atoms with Crippen LogP contribution < -0.4 is 19.7 Å².